The first kappa shape index (κ1) is 16.6. The van der Waals surface area contributed by atoms with Crippen molar-refractivity contribution < 1.29 is 4.79 Å². The maximum absolute atomic E-state index is 11.7. The summed E-state index contributed by atoms with van der Waals surface area (Å²) in [5, 5.41) is 10.0. The van der Waals surface area contributed by atoms with Crippen molar-refractivity contribution in [3.05, 3.63) is 34.9 Å². The number of hydrogen-bond acceptors (Lipinski definition) is 2. The molecule has 1 aliphatic carbocycles. The van der Waals surface area contributed by atoms with Crippen molar-refractivity contribution in [2.75, 3.05) is 19.6 Å². The fourth-order valence-electron chi connectivity index (χ4n) is 2.01. The number of hydrogen-bond donors (Lipinski definition) is 3. The molecule has 1 aromatic rings. The van der Waals surface area contributed by atoms with Gasteiger partial charge < -0.3 is 16.0 Å². The van der Waals surface area contributed by atoms with Crippen LogP contribution in [0.2, 0.25) is 5.02 Å². The minimum atomic E-state index is -0.0224. The van der Waals surface area contributed by atoms with E-state index in [9.17, 15) is 4.79 Å². The summed E-state index contributed by atoms with van der Waals surface area (Å²) in [7, 11) is 0. The molecular formula is C16H23ClN4O. The molecule has 1 saturated carbocycles. The predicted octanol–water partition coefficient (Wildman–Crippen LogP) is 1.72. The van der Waals surface area contributed by atoms with Gasteiger partial charge in [0.2, 0.25) is 5.91 Å². The Labute approximate surface area is 136 Å². The third kappa shape index (κ3) is 5.93. The van der Waals surface area contributed by atoms with Crippen LogP contribution in [0.15, 0.2) is 29.3 Å². The molecule has 6 heteroatoms. The Bertz CT molecular complexity index is 529. The van der Waals surface area contributed by atoms with Crippen molar-refractivity contribution in [3.63, 3.8) is 0 Å². The van der Waals surface area contributed by atoms with Crippen LogP contribution in [0.4, 0.5) is 0 Å². The average Bonchev–Trinajstić information content (AvgIpc) is 3.30. The van der Waals surface area contributed by atoms with E-state index < -0.39 is 0 Å². The zero-order valence-corrected chi connectivity index (χ0v) is 13.6. The first-order chi connectivity index (χ1) is 10.7. The molecule has 0 saturated heterocycles. The molecular weight excluding hydrogens is 300 g/mol. The lowest BCUT2D eigenvalue weighted by Crippen LogP contribution is -2.39. The molecule has 1 aliphatic rings. The van der Waals surface area contributed by atoms with Gasteiger partial charge in [-0.05, 0) is 37.8 Å². The maximum Gasteiger partial charge on any atom is 0.242 e. The molecule has 1 aromatic carbocycles. The van der Waals surface area contributed by atoms with Crippen LogP contribution >= 0.6 is 11.6 Å². The highest BCUT2D eigenvalue weighted by atomic mass is 35.5. The number of aliphatic imine (C=N–C) groups is 1. The molecule has 0 unspecified atom stereocenters. The highest BCUT2D eigenvalue weighted by Crippen LogP contribution is 2.18. The van der Waals surface area contributed by atoms with E-state index in [2.05, 4.69) is 20.9 Å². The molecule has 3 N–H and O–H groups in total. The Morgan fingerprint density at radius 2 is 2.09 bits per heavy atom. The van der Waals surface area contributed by atoms with E-state index in [1.807, 2.05) is 31.2 Å². The second-order valence-corrected chi connectivity index (χ2v) is 5.71. The molecule has 120 valence electrons. The number of carbonyl (C=O) groups excluding carboxylic acids is 1. The lowest BCUT2D eigenvalue weighted by molar-refractivity contribution is -0.119. The summed E-state index contributed by atoms with van der Waals surface area (Å²) >= 11 is 6.13. The van der Waals surface area contributed by atoms with E-state index in [-0.39, 0.29) is 12.5 Å². The van der Waals surface area contributed by atoms with E-state index in [1.54, 1.807) is 0 Å². The fraction of sp³-hybridized carbons (Fsp3) is 0.500. The third-order valence-corrected chi connectivity index (χ3v) is 3.68. The van der Waals surface area contributed by atoms with Gasteiger partial charge in [0.05, 0.1) is 0 Å². The fourth-order valence-corrected chi connectivity index (χ4v) is 2.24. The summed E-state index contributed by atoms with van der Waals surface area (Å²) < 4.78 is 0. The lowest BCUT2D eigenvalue weighted by atomic mass is 10.1. The van der Waals surface area contributed by atoms with Crippen LogP contribution in [0.25, 0.3) is 0 Å². The van der Waals surface area contributed by atoms with Gasteiger partial charge in [0.15, 0.2) is 5.96 Å². The number of nitrogens with one attached hydrogen (secondary N) is 3. The summed E-state index contributed by atoms with van der Waals surface area (Å²) in [5.41, 5.74) is 1.10. The monoisotopic (exact) mass is 322 g/mol. The summed E-state index contributed by atoms with van der Waals surface area (Å²) in [4.78, 5) is 15.9. The Morgan fingerprint density at radius 1 is 1.32 bits per heavy atom. The van der Waals surface area contributed by atoms with E-state index in [4.69, 9.17) is 11.6 Å². The molecule has 0 aliphatic heterocycles. The number of amides is 1. The topological polar surface area (TPSA) is 65.5 Å². The zero-order valence-electron chi connectivity index (χ0n) is 12.9. The van der Waals surface area contributed by atoms with Crippen molar-refractivity contribution in [1.29, 1.82) is 0 Å². The number of carbonyl (C=O) groups is 1. The summed E-state index contributed by atoms with van der Waals surface area (Å²) in [6.45, 7) is 3.61. The first-order valence-electron chi connectivity index (χ1n) is 7.74. The minimum absolute atomic E-state index is 0.0224. The van der Waals surface area contributed by atoms with E-state index in [0.29, 0.717) is 18.5 Å². The molecule has 0 heterocycles. The average molecular weight is 323 g/mol. The van der Waals surface area contributed by atoms with Gasteiger partial charge >= 0.3 is 0 Å². The van der Waals surface area contributed by atoms with Crippen LogP contribution in [0.1, 0.15) is 25.3 Å². The molecule has 1 fully saturated rings. The standard InChI is InChI=1S/C16H23ClN4O/c1-2-18-16(20-11-15(22)21-13-7-8-13)19-10-9-12-5-3-4-6-14(12)17/h3-6,13H,2,7-11H2,1H3,(H,21,22)(H2,18,19,20). The summed E-state index contributed by atoms with van der Waals surface area (Å²) in [6, 6.07) is 8.17. The van der Waals surface area contributed by atoms with Gasteiger partial charge in [-0.1, -0.05) is 29.8 Å². The Hall–Kier alpha value is -1.75. The second-order valence-electron chi connectivity index (χ2n) is 5.31. The van der Waals surface area contributed by atoms with Crippen LogP contribution in [0.3, 0.4) is 0 Å². The predicted molar refractivity (Wildman–Crippen MR) is 90.3 cm³/mol. The van der Waals surface area contributed by atoms with Gasteiger partial charge in [0.25, 0.3) is 0 Å². The second kappa shape index (κ2) is 8.63. The molecule has 0 spiro atoms. The lowest BCUT2D eigenvalue weighted by Gasteiger charge is -2.11. The molecule has 0 atom stereocenters. The van der Waals surface area contributed by atoms with Crippen LogP contribution in [0.5, 0.6) is 0 Å². The normalized spacial score (nSPS) is 14.5. The van der Waals surface area contributed by atoms with Gasteiger partial charge in [-0.3, -0.25) is 4.79 Å². The van der Waals surface area contributed by atoms with Crippen LogP contribution in [0, 0.1) is 0 Å². The molecule has 1 amide bonds. The molecule has 0 aromatic heterocycles. The molecule has 22 heavy (non-hydrogen) atoms. The van der Waals surface area contributed by atoms with Crippen molar-refractivity contribution in [2.45, 2.75) is 32.2 Å². The quantitative estimate of drug-likeness (QED) is 0.529. The first-order valence-corrected chi connectivity index (χ1v) is 8.11. The smallest absolute Gasteiger partial charge is 0.242 e. The largest absolute Gasteiger partial charge is 0.357 e. The molecule has 0 radical (unpaired) electrons. The van der Waals surface area contributed by atoms with E-state index in [0.717, 1.165) is 36.4 Å². The number of nitrogens with zero attached hydrogens (tertiary/aromatic N) is 1. The van der Waals surface area contributed by atoms with E-state index in [1.165, 1.54) is 0 Å². The molecule has 5 nitrogen and oxygen atoms in total. The van der Waals surface area contributed by atoms with Crippen molar-refractivity contribution in [2.24, 2.45) is 4.99 Å². The van der Waals surface area contributed by atoms with Gasteiger partial charge in [-0.15, -0.1) is 0 Å². The van der Waals surface area contributed by atoms with Crippen LogP contribution < -0.4 is 16.0 Å². The van der Waals surface area contributed by atoms with E-state index >= 15 is 0 Å². The van der Waals surface area contributed by atoms with Crippen LogP contribution in [-0.4, -0.2) is 37.5 Å². The SMILES string of the molecule is CCNC(=NCC(=O)NC1CC1)NCCc1ccccc1Cl. The van der Waals surface area contributed by atoms with Crippen LogP contribution in [-0.2, 0) is 11.2 Å². The van der Waals surface area contributed by atoms with Gasteiger partial charge in [0.1, 0.15) is 6.54 Å². The third-order valence-electron chi connectivity index (χ3n) is 3.31. The highest BCUT2D eigenvalue weighted by Gasteiger charge is 2.22. The van der Waals surface area contributed by atoms with Crippen molar-refractivity contribution in [3.8, 4) is 0 Å². The summed E-state index contributed by atoms with van der Waals surface area (Å²) in [5.74, 6) is 0.631. The zero-order chi connectivity index (χ0) is 15.8. The van der Waals surface area contributed by atoms with Gasteiger partial charge in [-0.2, -0.15) is 0 Å². The Morgan fingerprint density at radius 3 is 2.77 bits per heavy atom. The van der Waals surface area contributed by atoms with Gasteiger partial charge in [-0.25, -0.2) is 4.99 Å². The number of halogens is 1. The molecule has 2 rings (SSSR count). The van der Waals surface area contributed by atoms with Crippen molar-refractivity contribution in [1.82, 2.24) is 16.0 Å². The summed E-state index contributed by atoms with van der Waals surface area (Å²) in [6.07, 6.45) is 2.98. The number of rotatable bonds is 7. The maximum atomic E-state index is 11.7. The molecule has 0 bridgehead atoms. The van der Waals surface area contributed by atoms with Gasteiger partial charge in [0, 0.05) is 24.2 Å². The number of benzene rings is 1. The highest BCUT2D eigenvalue weighted by molar-refractivity contribution is 6.31. The van der Waals surface area contributed by atoms with Crippen molar-refractivity contribution >= 4 is 23.5 Å². The Kier molecular flexibility index (Phi) is 6.52. The number of guanidine groups is 1. The Balaban J connectivity index is 1.77. The minimum Gasteiger partial charge on any atom is -0.357 e.